The van der Waals surface area contributed by atoms with Gasteiger partial charge in [0.25, 0.3) is 0 Å². The molecule has 0 saturated heterocycles. The molecule has 1 unspecified atom stereocenters. The van der Waals surface area contributed by atoms with Gasteiger partial charge in [0, 0.05) is 0 Å². The van der Waals surface area contributed by atoms with E-state index in [0.717, 1.165) is 5.92 Å². The summed E-state index contributed by atoms with van der Waals surface area (Å²) < 4.78 is 0. The minimum absolute atomic E-state index is 0.296. The van der Waals surface area contributed by atoms with Gasteiger partial charge < -0.3 is 21.7 Å². The maximum Gasteiger partial charge on any atom is 0.303 e. The summed E-state index contributed by atoms with van der Waals surface area (Å²) in [5, 5.41) is 15.8. The van der Waals surface area contributed by atoms with E-state index >= 15 is 0 Å². The number of carboxylic acids is 2. The molecule has 9 nitrogen and oxygen atoms in total. The molecule has 0 heterocycles. The van der Waals surface area contributed by atoms with Crippen molar-refractivity contribution in [2.75, 3.05) is 6.54 Å². The fraction of sp³-hybridized carbons (Fsp3) is 0.833. The third kappa shape index (κ3) is 32.4. The Kier molecular flexibility index (Phi) is 16.2. The average Bonchev–Trinajstić information content (AvgIpc) is 2.25. The van der Waals surface area contributed by atoms with Gasteiger partial charge in [0.15, 0.2) is 0 Å². The Balaban J connectivity index is -0.000000249. The molecular weight excluding hydrogens is 278 g/mol. The van der Waals surface area contributed by atoms with Crippen molar-refractivity contribution in [2.24, 2.45) is 34.6 Å². The Hall–Kier alpha value is -1.26. The van der Waals surface area contributed by atoms with Crippen LogP contribution in [-0.2, 0) is 9.59 Å². The van der Waals surface area contributed by atoms with Crippen molar-refractivity contribution in [3.05, 3.63) is 0 Å². The number of aliphatic carboxylic acids is 2. The molecule has 0 aliphatic carbocycles. The average molecular weight is 309 g/mol. The molecule has 0 aromatic rings. The molecule has 0 aromatic carbocycles. The van der Waals surface area contributed by atoms with Crippen LogP contribution in [-0.4, -0.2) is 40.5 Å². The van der Waals surface area contributed by atoms with Gasteiger partial charge in [0.05, 0.1) is 18.9 Å². The zero-order chi connectivity index (χ0) is 17.6. The lowest BCUT2D eigenvalue weighted by Gasteiger charge is -2.25. The topological polar surface area (TPSA) is 205 Å². The zero-order valence-corrected chi connectivity index (χ0v) is 13.1. The van der Waals surface area contributed by atoms with E-state index in [2.05, 4.69) is 20.8 Å². The highest BCUT2D eigenvalue weighted by Crippen LogP contribution is 1.91. The molecule has 0 fully saturated rings. The molecule has 12 N–H and O–H groups in total. The Labute approximate surface area is 125 Å². The van der Waals surface area contributed by atoms with Gasteiger partial charge >= 0.3 is 11.9 Å². The SMILES string of the molecule is CC(C)C.NCCC(N)C(N)(N)N.O=C(O)CCC(=O)O. The molecule has 21 heavy (non-hydrogen) atoms. The summed E-state index contributed by atoms with van der Waals surface area (Å²) in [5.41, 5.74) is 26.3. The predicted molar refractivity (Wildman–Crippen MR) is 82.0 cm³/mol. The van der Waals surface area contributed by atoms with Crippen LogP contribution in [0.25, 0.3) is 0 Å². The van der Waals surface area contributed by atoms with Crippen molar-refractivity contribution in [1.29, 1.82) is 0 Å². The van der Waals surface area contributed by atoms with Crippen molar-refractivity contribution in [3.8, 4) is 0 Å². The minimum atomic E-state index is -1.29. The van der Waals surface area contributed by atoms with E-state index < -0.39 is 23.8 Å². The minimum Gasteiger partial charge on any atom is -0.481 e. The number of carbonyl (C=O) groups is 2. The lowest BCUT2D eigenvalue weighted by atomic mass is 10.1. The predicted octanol–water partition coefficient (Wildman–Crippen LogP) is -1.21. The van der Waals surface area contributed by atoms with Gasteiger partial charge in [0.1, 0.15) is 5.79 Å². The van der Waals surface area contributed by atoms with Gasteiger partial charge in [0.2, 0.25) is 0 Å². The highest BCUT2D eigenvalue weighted by atomic mass is 16.4. The Morgan fingerprint density at radius 3 is 1.38 bits per heavy atom. The van der Waals surface area contributed by atoms with Gasteiger partial charge in [-0.2, -0.15) is 0 Å². The fourth-order valence-electron chi connectivity index (χ4n) is 0.643. The van der Waals surface area contributed by atoms with Crippen molar-refractivity contribution in [2.45, 2.75) is 51.9 Å². The maximum absolute atomic E-state index is 9.64. The van der Waals surface area contributed by atoms with Crippen LogP contribution >= 0.6 is 0 Å². The van der Waals surface area contributed by atoms with Crippen molar-refractivity contribution in [3.63, 3.8) is 0 Å². The largest absolute Gasteiger partial charge is 0.481 e. The highest BCUT2D eigenvalue weighted by Gasteiger charge is 2.20. The summed E-state index contributed by atoms with van der Waals surface area (Å²) >= 11 is 0. The second kappa shape index (κ2) is 13.7. The summed E-state index contributed by atoms with van der Waals surface area (Å²) in [6.45, 7) is 6.95. The first kappa shape index (κ1) is 24.7. The van der Waals surface area contributed by atoms with E-state index in [4.69, 9.17) is 38.9 Å². The van der Waals surface area contributed by atoms with Crippen LogP contribution < -0.4 is 28.7 Å². The smallest absolute Gasteiger partial charge is 0.303 e. The Bertz CT molecular complexity index is 263. The fourth-order valence-corrected chi connectivity index (χ4v) is 0.643. The Morgan fingerprint density at radius 1 is 1.00 bits per heavy atom. The van der Waals surface area contributed by atoms with Crippen LogP contribution in [0.5, 0.6) is 0 Å². The van der Waals surface area contributed by atoms with E-state index in [1.54, 1.807) is 0 Å². The molecule has 0 aliphatic heterocycles. The molecule has 0 spiro atoms. The Morgan fingerprint density at radius 2 is 1.29 bits per heavy atom. The lowest BCUT2D eigenvalue weighted by molar-refractivity contribution is -0.143. The molecule has 1 atom stereocenters. The maximum atomic E-state index is 9.64. The van der Waals surface area contributed by atoms with E-state index in [0.29, 0.717) is 13.0 Å². The third-order valence-electron chi connectivity index (χ3n) is 1.67. The number of hydrogen-bond acceptors (Lipinski definition) is 7. The molecule has 0 rings (SSSR count). The molecule has 0 amide bonds. The first-order chi connectivity index (χ1) is 9.34. The third-order valence-corrected chi connectivity index (χ3v) is 1.67. The first-order valence-electron chi connectivity index (χ1n) is 6.60. The van der Waals surface area contributed by atoms with Crippen LogP contribution in [0.4, 0.5) is 0 Å². The van der Waals surface area contributed by atoms with Crippen LogP contribution in [0.2, 0.25) is 0 Å². The van der Waals surface area contributed by atoms with Crippen LogP contribution in [0, 0.1) is 5.92 Å². The second-order valence-electron chi connectivity index (χ2n) is 5.20. The number of carboxylic acid groups (broad SMARTS) is 2. The summed E-state index contributed by atoms with van der Waals surface area (Å²) in [6.07, 6.45) is -0.0475. The highest BCUT2D eigenvalue weighted by molar-refractivity contribution is 5.75. The van der Waals surface area contributed by atoms with E-state index in [-0.39, 0.29) is 12.8 Å². The summed E-state index contributed by atoms with van der Waals surface area (Å²) in [7, 11) is 0. The summed E-state index contributed by atoms with van der Waals surface area (Å²) in [4.78, 5) is 19.3. The van der Waals surface area contributed by atoms with E-state index in [9.17, 15) is 9.59 Å². The number of rotatable bonds is 6. The van der Waals surface area contributed by atoms with Gasteiger partial charge in [-0.05, 0) is 18.9 Å². The molecule has 0 aliphatic rings. The van der Waals surface area contributed by atoms with Crippen molar-refractivity contribution in [1.82, 2.24) is 0 Å². The van der Waals surface area contributed by atoms with E-state index in [1.807, 2.05) is 0 Å². The van der Waals surface area contributed by atoms with Crippen LogP contribution in [0.15, 0.2) is 0 Å². The number of nitrogens with two attached hydrogens (primary N) is 5. The normalized spacial score (nSPS) is 11.7. The molecule has 9 heteroatoms. The second-order valence-corrected chi connectivity index (χ2v) is 5.20. The summed E-state index contributed by atoms with van der Waals surface area (Å²) in [6, 6.07) is -0.428. The van der Waals surface area contributed by atoms with Gasteiger partial charge in [-0.25, -0.2) is 0 Å². The molecule has 128 valence electrons. The zero-order valence-electron chi connectivity index (χ0n) is 13.1. The first-order valence-corrected chi connectivity index (χ1v) is 6.60. The van der Waals surface area contributed by atoms with Crippen LogP contribution in [0.1, 0.15) is 40.0 Å². The molecule has 0 bridgehead atoms. The quantitative estimate of drug-likeness (QED) is 0.293. The summed E-state index contributed by atoms with van der Waals surface area (Å²) in [5.74, 6) is -2.61. The molecule has 0 aromatic heterocycles. The van der Waals surface area contributed by atoms with Gasteiger partial charge in [-0.1, -0.05) is 20.8 Å². The van der Waals surface area contributed by atoms with Crippen molar-refractivity contribution < 1.29 is 19.8 Å². The molecule has 0 radical (unpaired) electrons. The molecular formula is C12H31N5O4. The molecule has 0 saturated carbocycles. The van der Waals surface area contributed by atoms with E-state index in [1.165, 1.54) is 0 Å². The number of hydrogen-bond donors (Lipinski definition) is 7. The van der Waals surface area contributed by atoms with Gasteiger partial charge in [-0.3, -0.25) is 26.8 Å². The monoisotopic (exact) mass is 309 g/mol. The lowest BCUT2D eigenvalue weighted by Crippen LogP contribution is -2.69. The van der Waals surface area contributed by atoms with Gasteiger partial charge in [-0.15, -0.1) is 0 Å². The van der Waals surface area contributed by atoms with Crippen LogP contribution in [0.3, 0.4) is 0 Å². The standard InChI is InChI=1S/C4H15N5.C4H6O4.C4H10/c5-2-1-3(6)4(7,8)9;5-3(6)1-2-4(7)8;1-4(2)3/h3H,1-2,5-9H2;1-2H2,(H,5,6)(H,7,8);4H,1-3H3. The van der Waals surface area contributed by atoms with Crippen molar-refractivity contribution >= 4 is 11.9 Å².